The van der Waals surface area contributed by atoms with Crippen LogP contribution in [0.25, 0.3) is 6.08 Å². The Balaban J connectivity index is 1.72. The van der Waals surface area contributed by atoms with Crippen molar-refractivity contribution in [3.05, 3.63) is 60.2 Å². The van der Waals surface area contributed by atoms with E-state index in [4.69, 9.17) is 14.2 Å². The van der Waals surface area contributed by atoms with Gasteiger partial charge < -0.3 is 19.5 Å². The second kappa shape index (κ2) is 13.5. The molecule has 0 spiro atoms. The summed E-state index contributed by atoms with van der Waals surface area (Å²) in [5.74, 6) is 0.167. The third-order valence-corrected chi connectivity index (χ3v) is 4.60. The standard InChI is InChI=1S/C29H38N2O6/c1-28(2,3)36-26(33)19-16-21-14-17-22(18-15-21)35-20-10-9-13-25(32)30-23-11-7-8-12-24(23)31-27(34)37-29(4,5)6/h7-8,11-12,14-19H,9-10,13,20H2,1-6H3,(H,30,32)(H,31,34)/b19-16+. The molecule has 0 radical (unpaired) electrons. The summed E-state index contributed by atoms with van der Waals surface area (Å²) in [6.45, 7) is 11.3. The van der Waals surface area contributed by atoms with Crippen LogP contribution in [-0.2, 0) is 19.1 Å². The van der Waals surface area contributed by atoms with Crippen molar-refractivity contribution in [1.29, 1.82) is 0 Å². The fourth-order valence-corrected chi connectivity index (χ4v) is 3.08. The average molecular weight is 511 g/mol. The number of unbranched alkanes of at least 4 members (excludes halogenated alkanes) is 1. The SMILES string of the molecule is CC(C)(C)OC(=O)/C=C/c1ccc(OCCCCC(=O)Nc2ccccc2NC(=O)OC(C)(C)C)cc1. The van der Waals surface area contributed by atoms with Crippen LogP contribution in [0.1, 0.15) is 66.4 Å². The van der Waals surface area contributed by atoms with Crippen LogP contribution >= 0.6 is 0 Å². The maximum absolute atomic E-state index is 12.4. The van der Waals surface area contributed by atoms with Gasteiger partial charge in [-0.2, -0.15) is 0 Å². The summed E-state index contributed by atoms with van der Waals surface area (Å²) in [5.41, 5.74) is 0.693. The highest BCUT2D eigenvalue weighted by Gasteiger charge is 2.17. The van der Waals surface area contributed by atoms with Gasteiger partial charge in [-0.25, -0.2) is 9.59 Å². The van der Waals surface area contributed by atoms with E-state index in [0.29, 0.717) is 43.0 Å². The van der Waals surface area contributed by atoms with Crippen LogP contribution in [0.4, 0.5) is 16.2 Å². The lowest BCUT2D eigenvalue weighted by atomic mass is 10.2. The molecule has 0 bridgehead atoms. The molecular weight excluding hydrogens is 472 g/mol. The van der Waals surface area contributed by atoms with Gasteiger partial charge in [0.15, 0.2) is 0 Å². The van der Waals surface area contributed by atoms with Crippen molar-refractivity contribution in [3.63, 3.8) is 0 Å². The summed E-state index contributed by atoms with van der Waals surface area (Å²) in [5, 5.41) is 5.51. The van der Waals surface area contributed by atoms with Gasteiger partial charge in [0.25, 0.3) is 0 Å². The zero-order valence-corrected chi connectivity index (χ0v) is 22.6. The van der Waals surface area contributed by atoms with Gasteiger partial charge >= 0.3 is 12.1 Å². The molecular formula is C29H38N2O6. The summed E-state index contributed by atoms with van der Waals surface area (Å²) in [4.78, 5) is 36.2. The van der Waals surface area contributed by atoms with Crippen molar-refractivity contribution in [1.82, 2.24) is 0 Å². The lowest BCUT2D eigenvalue weighted by molar-refractivity contribution is -0.148. The minimum atomic E-state index is -0.620. The Morgan fingerprint density at radius 1 is 0.784 bits per heavy atom. The number of benzene rings is 2. The molecule has 200 valence electrons. The zero-order chi connectivity index (χ0) is 27.5. The molecule has 0 unspecified atom stereocenters. The summed E-state index contributed by atoms with van der Waals surface area (Å²) in [7, 11) is 0. The van der Waals surface area contributed by atoms with E-state index in [-0.39, 0.29) is 11.9 Å². The molecule has 0 saturated heterocycles. The molecule has 0 aromatic heterocycles. The van der Waals surface area contributed by atoms with E-state index in [0.717, 1.165) is 5.56 Å². The van der Waals surface area contributed by atoms with Gasteiger partial charge in [0.05, 0.1) is 18.0 Å². The zero-order valence-electron chi connectivity index (χ0n) is 22.6. The number of nitrogens with one attached hydrogen (secondary N) is 2. The van der Waals surface area contributed by atoms with E-state index >= 15 is 0 Å². The Labute approximate surface area is 219 Å². The minimum absolute atomic E-state index is 0.153. The van der Waals surface area contributed by atoms with Crippen molar-refractivity contribution in [2.45, 2.75) is 72.0 Å². The molecule has 2 aromatic carbocycles. The molecule has 2 aromatic rings. The summed E-state index contributed by atoms with van der Waals surface area (Å²) in [6.07, 6.45) is 4.17. The Hall–Kier alpha value is -3.81. The highest BCUT2D eigenvalue weighted by molar-refractivity contribution is 5.97. The van der Waals surface area contributed by atoms with Crippen LogP contribution in [0, 0.1) is 0 Å². The van der Waals surface area contributed by atoms with Crippen LogP contribution < -0.4 is 15.4 Å². The first-order valence-corrected chi connectivity index (χ1v) is 12.3. The number of carbonyl (C=O) groups is 3. The van der Waals surface area contributed by atoms with E-state index in [2.05, 4.69) is 10.6 Å². The van der Waals surface area contributed by atoms with Gasteiger partial charge in [-0.1, -0.05) is 24.3 Å². The Kier molecular flexibility index (Phi) is 10.7. The first-order valence-electron chi connectivity index (χ1n) is 12.3. The molecule has 0 atom stereocenters. The van der Waals surface area contributed by atoms with Crippen molar-refractivity contribution in [2.24, 2.45) is 0 Å². The molecule has 0 aliphatic rings. The molecule has 0 aliphatic heterocycles. The number of hydrogen-bond donors (Lipinski definition) is 2. The summed E-state index contributed by atoms with van der Waals surface area (Å²) >= 11 is 0. The average Bonchev–Trinajstić information content (AvgIpc) is 2.77. The smallest absolute Gasteiger partial charge is 0.412 e. The molecule has 2 rings (SSSR count). The van der Waals surface area contributed by atoms with Crippen LogP contribution in [0.15, 0.2) is 54.6 Å². The molecule has 0 aliphatic carbocycles. The van der Waals surface area contributed by atoms with Gasteiger partial charge in [0.2, 0.25) is 5.91 Å². The molecule has 2 amide bonds. The summed E-state index contributed by atoms with van der Waals surface area (Å²) in [6, 6.07) is 14.3. The third-order valence-electron chi connectivity index (χ3n) is 4.60. The Morgan fingerprint density at radius 3 is 1.97 bits per heavy atom. The molecule has 8 nitrogen and oxygen atoms in total. The highest BCUT2D eigenvalue weighted by atomic mass is 16.6. The van der Waals surface area contributed by atoms with Crippen molar-refractivity contribution in [3.8, 4) is 5.75 Å². The number of ether oxygens (including phenoxy) is 3. The van der Waals surface area contributed by atoms with Gasteiger partial charge in [-0.05, 0) is 90.3 Å². The monoisotopic (exact) mass is 510 g/mol. The second-order valence-electron chi connectivity index (χ2n) is 10.5. The van der Waals surface area contributed by atoms with E-state index in [9.17, 15) is 14.4 Å². The van der Waals surface area contributed by atoms with Crippen LogP contribution in [0.3, 0.4) is 0 Å². The number of amides is 2. The molecule has 0 saturated carbocycles. The maximum Gasteiger partial charge on any atom is 0.412 e. The van der Waals surface area contributed by atoms with Gasteiger partial charge in [-0.15, -0.1) is 0 Å². The van der Waals surface area contributed by atoms with E-state index in [1.165, 1.54) is 6.08 Å². The van der Waals surface area contributed by atoms with Gasteiger partial charge in [-0.3, -0.25) is 10.1 Å². The highest BCUT2D eigenvalue weighted by Crippen LogP contribution is 2.22. The van der Waals surface area contributed by atoms with E-state index in [1.54, 1.807) is 51.1 Å². The lowest BCUT2D eigenvalue weighted by Gasteiger charge is -2.20. The van der Waals surface area contributed by atoms with E-state index < -0.39 is 17.3 Å². The maximum atomic E-state index is 12.4. The Morgan fingerprint density at radius 2 is 1.38 bits per heavy atom. The largest absolute Gasteiger partial charge is 0.494 e. The first kappa shape index (κ1) is 29.4. The predicted molar refractivity (Wildman–Crippen MR) is 146 cm³/mol. The van der Waals surface area contributed by atoms with Crippen molar-refractivity contribution >= 4 is 35.4 Å². The van der Waals surface area contributed by atoms with Crippen LogP contribution in [-0.4, -0.2) is 35.8 Å². The molecule has 0 heterocycles. The lowest BCUT2D eigenvalue weighted by Crippen LogP contribution is -2.27. The van der Waals surface area contributed by atoms with E-state index in [1.807, 2.05) is 45.0 Å². The quantitative estimate of drug-likeness (QED) is 0.213. The molecule has 37 heavy (non-hydrogen) atoms. The van der Waals surface area contributed by atoms with Crippen LogP contribution in [0.5, 0.6) is 5.75 Å². The number of rotatable bonds is 10. The van der Waals surface area contributed by atoms with Gasteiger partial charge in [0, 0.05) is 12.5 Å². The first-order chi connectivity index (χ1) is 17.3. The fourth-order valence-electron chi connectivity index (χ4n) is 3.08. The van der Waals surface area contributed by atoms with Crippen molar-refractivity contribution < 1.29 is 28.6 Å². The summed E-state index contributed by atoms with van der Waals surface area (Å²) < 4.78 is 16.3. The molecule has 0 fully saturated rings. The number of anilines is 2. The predicted octanol–water partition coefficient (Wildman–Crippen LogP) is 6.58. The Bertz CT molecular complexity index is 1080. The van der Waals surface area contributed by atoms with Crippen molar-refractivity contribution in [2.75, 3.05) is 17.2 Å². The topological polar surface area (TPSA) is 103 Å². The minimum Gasteiger partial charge on any atom is -0.494 e. The third kappa shape index (κ3) is 12.6. The second-order valence-corrected chi connectivity index (χ2v) is 10.5. The van der Waals surface area contributed by atoms with Crippen LogP contribution in [0.2, 0.25) is 0 Å². The normalized spacial score (nSPS) is 11.6. The number of hydrogen-bond acceptors (Lipinski definition) is 6. The molecule has 2 N–H and O–H groups in total. The fraction of sp³-hybridized carbons (Fsp3) is 0.414. The van der Waals surface area contributed by atoms with Gasteiger partial charge in [0.1, 0.15) is 17.0 Å². The number of para-hydroxylation sites is 2. The number of carbonyl (C=O) groups excluding carboxylic acids is 3. The number of esters is 1. The molecule has 8 heteroatoms.